The van der Waals surface area contributed by atoms with E-state index < -0.39 is 0 Å². The van der Waals surface area contributed by atoms with Crippen molar-refractivity contribution in [3.8, 4) is 11.4 Å². The molecule has 1 aliphatic rings. The standard InChI is InChI=1S/C13H10N2OS3/c16-11-9-8-2-1-4-18-13(8)19-12(9)15-10(14-11)7-3-5-17-6-7/h3,5-6H,1-2,4H2,(H,14,15,16). The van der Waals surface area contributed by atoms with E-state index in [1.165, 1.54) is 9.77 Å². The Morgan fingerprint density at radius 2 is 2.32 bits per heavy atom. The number of rotatable bonds is 1. The summed E-state index contributed by atoms with van der Waals surface area (Å²) in [6, 6.07) is 1.98. The molecule has 0 amide bonds. The van der Waals surface area contributed by atoms with Crippen LogP contribution in [0.5, 0.6) is 0 Å². The molecule has 0 saturated carbocycles. The first kappa shape index (κ1) is 11.7. The average molecular weight is 306 g/mol. The van der Waals surface area contributed by atoms with Gasteiger partial charge in [-0.2, -0.15) is 11.3 Å². The SMILES string of the molecule is O=c1[nH]c(-c2ccsc2)nc2sc3c(c12)CCCS3. The molecule has 0 atom stereocenters. The fourth-order valence-corrected chi connectivity index (χ4v) is 5.51. The van der Waals surface area contributed by atoms with Gasteiger partial charge in [-0.15, -0.1) is 23.1 Å². The summed E-state index contributed by atoms with van der Waals surface area (Å²) >= 11 is 5.13. The molecule has 3 aromatic heterocycles. The fraction of sp³-hybridized carbons (Fsp3) is 0.231. The largest absolute Gasteiger partial charge is 0.306 e. The van der Waals surface area contributed by atoms with E-state index in [4.69, 9.17) is 0 Å². The van der Waals surface area contributed by atoms with Crippen LogP contribution in [0.4, 0.5) is 0 Å². The van der Waals surface area contributed by atoms with Crippen LogP contribution >= 0.6 is 34.4 Å². The van der Waals surface area contributed by atoms with Gasteiger partial charge in [-0.3, -0.25) is 4.79 Å². The smallest absolute Gasteiger partial charge is 0.260 e. The Morgan fingerprint density at radius 3 is 3.16 bits per heavy atom. The summed E-state index contributed by atoms with van der Waals surface area (Å²) in [6.07, 6.45) is 2.15. The van der Waals surface area contributed by atoms with Crippen LogP contribution in [0.15, 0.2) is 25.8 Å². The minimum Gasteiger partial charge on any atom is -0.306 e. The molecule has 0 saturated heterocycles. The van der Waals surface area contributed by atoms with Gasteiger partial charge in [0.1, 0.15) is 10.7 Å². The number of nitrogens with zero attached hydrogens (tertiary/aromatic N) is 1. The Morgan fingerprint density at radius 1 is 1.37 bits per heavy atom. The molecule has 0 aromatic carbocycles. The van der Waals surface area contributed by atoms with Crippen LogP contribution in [0.1, 0.15) is 12.0 Å². The molecule has 0 radical (unpaired) electrons. The third-order valence-corrected chi connectivity index (χ3v) is 6.43. The van der Waals surface area contributed by atoms with Crippen molar-refractivity contribution in [1.82, 2.24) is 9.97 Å². The highest BCUT2D eigenvalue weighted by atomic mass is 32.2. The minimum absolute atomic E-state index is 0.00574. The van der Waals surface area contributed by atoms with E-state index in [0.717, 1.165) is 34.4 Å². The average Bonchev–Trinajstić information content (AvgIpc) is 3.05. The van der Waals surface area contributed by atoms with Crippen LogP contribution in [0.25, 0.3) is 21.6 Å². The van der Waals surface area contributed by atoms with E-state index in [0.29, 0.717) is 5.82 Å². The lowest BCUT2D eigenvalue weighted by Gasteiger charge is -2.09. The first-order valence-corrected chi connectivity index (χ1v) is 8.78. The Labute approximate surface area is 121 Å². The van der Waals surface area contributed by atoms with Gasteiger partial charge in [0.15, 0.2) is 0 Å². The van der Waals surface area contributed by atoms with Crippen molar-refractivity contribution in [2.75, 3.05) is 5.75 Å². The molecule has 0 aliphatic carbocycles. The highest BCUT2D eigenvalue weighted by molar-refractivity contribution is 8.01. The van der Waals surface area contributed by atoms with Crippen molar-refractivity contribution in [3.05, 3.63) is 32.7 Å². The maximum Gasteiger partial charge on any atom is 0.260 e. The summed E-state index contributed by atoms with van der Waals surface area (Å²) < 4.78 is 1.28. The van der Waals surface area contributed by atoms with Crippen molar-refractivity contribution in [2.24, 2.45) is 0 Å². The predicted molar refractivity (Wildman–Crippen MR) is 82.6 cm³/mol. The molecule has 0 unspecified atom stereocenters. The van der Waals surface area contributed by atoms with Crippen LogP contribution in [-0.4, -0.2) is 15.7 Å². The molecule has 19 heavy (non-hydrogen) atoms. The zero-order valence-electron chi connectivity index (χ0n) is 9.93. The highest BCUT2D eigenvalue weighted by Crippen LogP contribution is 2.40. The second-order valence-corrected chi connectivity index (χ2v) is 7.57. The normalized spacial score (nSPS) is 14.7. The number of aromatic nitrogens is 2. The minimum atomic E-state index is 0.00574. The first-order chi connectivity index (χ1) is 9.33. The number of fused-ring (bicyclic) bond motifs is 3. The van der Waals surface area contributed by atoms with Gasteiger partial charge in [0.05, 0.1) is 9.60 Å². The lowest BCUT2D eigenvalue weighted by atomic mass is 10.1. The summed E-state index contributed by atoms with van der Waals surface area (Å²) in [5.74, 6) is 1.83. The molecule has 4 heterocycles. The van der Waals surface area contributed by atoms with Gasteiger partial charge in [0.25, 0.3) is 5.56 Å². The molecule has 3 aromatic rings. The topological polar surface area (TPSA) is 45.8 Å². The number of nitrogens with one attached hydrogen (secondary N) is 1. The molecule has 0 bridgehead atoms. The molecule has 0 fully saturated rings. The molecule has 3 nitrogen and oxygen atoms in total. The zero-order valence-corrected chi connectivity index (χ0v) is 12.4. The molecule has 0 spiro atoms. The van der Waals surface area contributed by atoms with Crippen LogP contribution in [0, 0.1) is 0 Å². The fourth-order valence-electron chi connectivity index (χ4n) is 2.34. The Kier molecular flexibility index (Phi) is 2.75. The number of aryl methyl sites for hydroxylation is 1. The lowest BCUT2D eigenvalue weighted by Crippen LogP contribution is -2.10. The third-order valence-electron chi connectivity index (χ3n) is 3.22. The van der Waals surface area contributed by atoms with E-state index in [1.54, 1.807) is 22.7 Å². The second kappa shape index (κ2) is 4.47. The zero-order chi connectivity index (χ0) is 12.8. The molecule has 1 aliphatic heterocycles. The van der Waals surface area contributed by atoms with E-state index in [2.05, 4.69) is 9.97 Å². The molecule has 4 rings (SSSR count). The summed E-state index contributed by atoms with van der Waals surface area (Å²) in [4.78, 5) is 20.8. The molecular weight excluding hydrogens is 296 g/mol. The second-order valence-electron chi connectivity index (χ2n) is 4.43. The summed E-state index contributed by atoms with van der Waals surface area (Å²) in [5, 5.41) is 4.81. The van der Waals surface area contributed by atoms with E-state index in [1.807, 2.05) is 28.6 Å². The maximum atomic E-state index is 12.3. The van der Waals surface area contributed by atoms with Gasteiger partial charge < -0.3 is 4.98 Å². The first-order valence-electron chi connectivity index (χ1n) is 6.04. The number of hydrogen-bond acceptors (Lipinski definition) is 5. The summed E-state index contributed by atoms with van der Waals surface area (Å²) in [6.45, 7) is 0. The Bertz CT molecular complexity index is 801. The van der Waals surface area contributed by atoms with Crippen molar-refractivity contribution < 1.29 is 0 Å². The van der Waals surface area contributed by atoms with E-state index in [-0.39, 0.29) is 5.56 Å². The third kappa shape index (κ3) is 1.86. The van der Waals surface area contributed by atoms with Crippen molar-refractivity contribution >= 4 is 44.7 Å². The number of hydrogen-bond donors (Lipinski definition) is 1. The van der Waals surface area contributed by atoms with Crippen LogP contribution < -0.4 is 5.56 Å². The molecular formula is C13H10N2OS3. The van der Waals surface area contributed by atoms with Crippen LogP contribution in [0.2, 0.25) is 0 Å². The molecule has 6 heteroatoms. The van der Waals surface area contributed by atoms with Crippen molar-refractivity contribution in [1.29, 1.82) is 0 Å². The van der Waals surface area contributed by atoms with Crippen molar-refractivity contribution in [2.45, 2.75) is 17.1 Å². The predicted octanol–water partition coefficient (Wildman–Crippen LogP) is 3.75. The molecule has 96 valence electrons. The quantitative estimate of drug-likeness (QED) is 0.744. The Balaban J connectivity index is 2.00. The molecule has 1 N–H and O–H groups in total. The van der Waals surface area contributed by atoms with Crippen molar-refractivity contribution in [3.63, 3.8) is 0 Å². The van der Waals surface area contributed by atoms with Gasteiger partial charge in [-0.25, -0.2) is 4.98 Å². The Hall–Kier alpha value is -1.11. The van der Waals surface area contributed by atoms with Gasteiger partial charge in [0, 0.05) is 10.9 Å². The van der Waals surface area contributed by atoms with Gasteiger partial charge in [-0.1, -0.05) is 0 Å². The summed E-state index contributed by atoms with van der Waals surface area (Å²) in [7, 11) is 0. The lowest BCUT2D eigenvalue weighted by molar-refractivity contribution is 0.910. The maximum absolute atomic E-state index is 12.3. The number of H-pyrrole nitrogens is 1. The van der Waals surface area contributed by atoms with Crippen LogP contribution in [-0.2, 0) is 6.42 Å². The summed E-state index contributed by atoms with van der Waals surface area (Å²) in [5.41, 5.74) is 2.20. The van der Waals surface area contributed by atoms with Crippen LogP contribution in [0.3, 0.4) is 0 Å². The number of thioether (sulfide) groups is 1. The number of aromatic amines is 1. The monoisotopic (exact) mass is 306 g/mol. The van der Waals surface area contributed by atoms with E-state index in [9.17, 15) is 4.79 Å². The van der Waals surface area contributed by atoms with E-state index >= 15 is 0 Å². The highest BCUT2D eigenvalue weighted by Gasteiger charge is 2.20. The van der Waals surface area contributed by atoms with Gasteiger partial charge in [-0.05, 0) is 35.6 Å². The van der Waals surface area contributed by atoms with Gasteiger partial charge in [0.2, 0.25) is 0 Å². The van der Waals surface area contributed by atoms with Gasteiger partial charge >= 0.3 is 0 Å². The number of thiophene rings is 2.